The summed E-state index contributed by atoms with van der Waals surface area (Å²) in [7, 11) is 0. The highest BCUT2D eigenvalue weighted by atomic mass is 35.5. The zero-order valence-corrected chi connectivity index (χ0v) is 25.5. The molecule has 1 fully saturated rings. The van der Waals surface area contributed by atoms with Gasteiger partial charge in [-0.05, 0) is 94.2 Å². The van der Waals surface area contributed by atoms with E-state index in [0.717, 1.165) is 30.4 Å². The van der Waals surface area contributed by atoms with E-state index >= 15 is 0 Å². The van der Waals surface area contributed by atoms with Crippen molar-refractivity contribution in [1.82, 2.24) is 10.2 Å². The second-order valence-electron chi connectivity index (χ2n) is 11.0. The molecule has 0 heterocycles. The fourth-order valence-electron chi connectivity index (χ4n) is 4.58. The molecule has 9 heteroatoms. The predicted octanol–water partition coefficient (Wildman–Crippen LogP) is 7.00. The van der Waals surface area contributed by atoms with Crippen LogP contribution >= 0.6 is 23.4 Å². The zero-order valence-electron chi connectivity index (χ0n) is 24.0. The van der Waals surface area contributed by atoms with E-state index < -0.39 is 23.8 Å². The predicted molar refractivity (Wildman–Crippen MR) is 165 cm³/mol. The van der Waals surface area contributed by atoms with Gasteiger partial charge in [-0.1, -0.05) is 54.6 Å². The first-order valence-electron chi connectivity index (χ1n) is 13.5. The first-order valence-corrected chi connectivity index (χ1v) is 15.3. The third-order valence-corrected chi connectivity index (χ3v) is 7.74. The summed E-state index contributed by atoms with van der Waals surface area (Å²) in [4.78, 5) is 42.9. The number of aryl methyl sites for hydroxylation is 1. The van der Waals surface area contributed by atoms with Gasteiger partial charge in [0.25, 0.3) is 5.91 Å². The molecule has 2 aromatic rings. The minimum absolute atomic E-state index is 0.153. The molecule has 0 spiro atoms. The lowest BCUT2D eigenvalue weighted by molar-refractivity contribution is -0.145. The number of anilines is 1. The number of thioether (sulfide) groups is 1. The van der Waals surface area contributed by atoms with Crippen LogP contribution in [0.4, 0.5) is 10.5 Å². The lowest BCUT2D eigenvalue weighted by Crippen LogP contribution is -2.57. The van der Waals surface area contributed by atoms with E-state index in [1.807, 2.05) is 49.6 Å². The maximum Gasteiger partial charge on any atom is 0.408 e. The number of benzene rings is 2. The summed E-state index contributed by atoms with van der Waals surface area (Å²) in [6.07, 6.45) is 5.87. The number of nitrogens with zero attached hydrogens (tertiary/aromatic N) is 1. The molecule has 3 rings (SSSR count). The molecule has 1 aliphatic carbocycles. The van der Waals surface area contributed by atoms with Gasteiger partial charge in [-0.3, -0.25) is 9.59 Å². The first kappa shape index (κ1) is 31.6. The van der Waals surface area contributed by atoms with Crippen LogP contribution in [0.3, 0.4) is 0 Å². The molecule has 7 nitrogen and oxygen atoms in total. The average molecular weight is 586 g/mol. The molecule has 0 bridgehead atoms. The number of ether oxygens (including phenoxy) is 1. The van der Waals surface area contributed by atoms with Crippen LogP contribution in [0.15, 0.2) is 49.0 Å². The van der Waals surface area contributed by atoms with Gasteiger partial charge in [-0.15, -0.1) is 0 Å². The second kappa shape index (κ2) is 14.1. The Morgan fingerprint density at radius 2 is 1.90 bits per heavy atom. The van der Waals surface area contributed by atoms with Crippen LogP contribution in [0.5, 0.6) is 0 Å². The molecular weight excluding hydrogens is 546 g/mol. The zero-order chi connectivity index (χ0) is 29.4. The lowest BCUT2D eigenvalue weighted by atomic mass is 9.87. The van der Waals surface area contributed by atoms with Crippen molar-refractivity contribution in [1.29, 1.82) is 0 Å². The molecule has 0 aliphatic heterocycles. The Hall–Kier alpha value is -2.97. The Labute approximate surface area is 247 Å². The van der Waals surface area contributed by atoms with E-state index in [1.54, 1.807) is 49.6 Å². The molecule has 216 valence electrons. The summed E-state index contributed by atoms with van der Waals surface area (Å²) >= 11 is 8.04. The van der Waals surface area contributed by atoms with Crippen LogP contribution in [0.25, 0.3) is 6.08 Å². The Morgan fingerprint density at radius 1 is 1.20 bits per heavy atom. The molecule has 2 unspecified atom stereocenters. The lowest BCUT2D eigenvalue weighted by Gasteiger charge is -2.43. The molecule has 40 heavy (non-hydrogen) atoms. The molecule has 3 amide bonds. The van der Waals surface area contributed by atoms with Gasteiger partial charge in [-0.2, -0.15) is 11.8 Å². The van der Waals surface area contributed by atoms with Crippen LogP contribution in [0.2, 0.25) is 5.02 Å². The van der Waals surface area contributed by atoms with Crippen molar-refractivity contribution in [2.45, 2.75) is 77.1 Å². The number of amides is 3. The second-order valence-corrected chi connectivity index (χ2v) is 12.4. The molecule has 2 aromatic carbocycles. The standard InChI is InChI=1S/C31H40ClN3O4S/c1-7-21-12-9-13-22(19-21)27(28(36)34-26-20(2)11-8-16-24(26)32)35(23-14-10-15-23)29(37)25(17-18-40-6)33-30(38)39-31(3,4)5/h7-9,11-13,16,19,23,25,27H,1,10,14-15,17-18H2,2-6H3,(H,33,38)(H,34,36). The van der Waals surface area contributed by atoms with Gasteiger partial charge in [0.15, 0.2) is 0 Å². The van der Waals surface area contributed by atoms with Crippen LogP contribution in [-0.2, 0) is 14.3 Å². The van der Waals surface area contributed by atoms with Crippen LogP contribution in [-0.4, -0.2) is 52.5 Å². The van der Waals surface area contributed by atoms with E-state index in [-0.39, 0.29) is 17.9 Å². The van der Waals surface area contributed by atoms with Crippen molar-refractivity contribution in [3.05, 3.63) is 70.8 Å². The number of hydrogen-bond acceptors (Lipinski definition) is 5. The van der Waals surface area contributed by atoms with E-state index in [4.69, 9.17) is 16.3 Å². The van der Waals surface area contributed by atoms with Crippen molar-refractivity contribution < 1.29 is 19.1 Å². The maximum absolute atomic E-state index is 14.4. The number of carbonyl (C=O) groups excluding carboxylic acids is 3. The normalized spacial score (nSPS) is 14.8. The number of nitrogens with one attached hydrogen (secondary N) is 2. The average Bonchev–Trinajstić information content (AvgIpc) is 2.86. The SMILES string of the molecule is C=Cc1cccc(C(C(=O)Nc2c(C)cccc2Cl)N(C(=O)C(CCSC)NC(=O)OC(C)(C)C)C2CCC2)c1. The highest BCUT2D eigenvalue weighted by Gasteiger charge is 2.42. The minimum Gasteiger partial charge on any atom is -0.444 e. The van der Waals surface area contributed by atoms with E-state index in [1.165, 1.54) is 0 Å². The number of hydrogen-bond donors (Lipinski definition) is 2. The van der Waals surface area contributed by atoms with Gasteiger partial charge in [0, 0.05) is 6.04 Å². The molecule has 1 aliphatic rings. The largest absolute Gasteiger partial charge is 0.444 e. The van der Waals surface area contributed by atoms with Crippen LogP contribution < -0.4 is 10.6 Å². The number of carbonyl (C=O) groups is 3. The van der Waals surface area contributed by atoms with Crippen LogP contribution in [0, 0.1) is 6.92 Å². The topological polar surface area (TPSA) is 87.7 Å². The maximum atomic E-state index is 14.4. The van der Waals surface area contributed by atoms with Crippen molar-refractivity contribution in [2.24, 2.45) is 0 Å². The number of halogens is 1. The highest BCUT2D eigenvalue weighted by molar-refractivity contribution is 7.98. The summed E-state index contributed by atoms with van der Waals surface area (Å²) < 4.78 is 5.47. The summed E-state index contributed by atoms with van der Waals surface area (Å²) in [5.41, 5.74) is 2.08. The van der Waals surface area contributed by atoms with Gasteiger partial charge >= 0.3 is 6.09 Å². The third-order valence-electron chi connectivity index (χ3n) is 6.78. The molecule has 1 saturated carbocycles. The van der Waals surface area contributed by atoms with E-state index in [0.29, 0.717) is 28.4 Å². The summed E-state index contributed by atoms with van der Waals surface area (Å²) in [6.45, 7) is 11.1. The van der Waals surface area contributed by atoms with Crippen molar-refractivity contribution >= 4 is 53.0 Å². The van der Waals surface area contributed by atoms with Gasteiger partial charge in [0.1, 0.15) is 17.7 Å². The summed E-state index contributed by atoms with van der Waals surface area (Å²) in [6, 6.07) is 10.9. The molecular formula is C31H40ClN3O4S. The van der Waals surface area contributed by atoms with Crippen molar-refractivity contribution in [3.8, 4) is 0 Å². The van der Waals surface area contributed by atoms with Gasteiger partial charge in [0.05, 0.1) is 10.7 Å². The highest BCUT2D eigenvalue weighted by Crippen LogP contribution is 2.36. The first-order chi connectivity index (χ1) is 18.9. The van der Waals surface area contributed by atoms with E-state index in [9.17, 15) is 14.4 Å². The molecule has 2 N–H and O–H groups in total. The van der Waals surface area contributed by atoms with Crippen LogP contribution in [0.1, 0.15) is 69.2 Å². The number of alkyl carbamates (subject to hydrolysis) is 1. The Bertz CT molecular complexity index is 1210. The van der Waals surface area contributed by atoms with Crippen molar-refractivity contribution in [2.75, 3.05) is 17.3 Å². The molecule has 0 aromatic heterocycles. The van der Waals surface area contributed by atoms with Gasteiger partial charge in [-0.25, -0.2) is 4.79 Å². The quantitative estimate of drug-likeness (QED) is 0.296. The van der Waals surface area contributed by atoms with Gasteiger partial charge < -0.3 is 20.3 Å². The monoisotopic (exact) mass is 585 g/mol. The third kappa shape index (κ3) is 8.27. The fraction of sp³-hybridized carbons (Fsp3) is 0.452. The Kier molecular flexibility index (Phi) is 11.1. The summed E-state index contributed by atoms with van der Waals surface area (Å²) in [5, 5.41) is 6.21. The fourth-order valence-corrected chi connectivity index (χ4v) is 5.32. The summed E-state index contributed by atoms with van der Waals surface area (Å²) in [5.74, 6) is -0.0463. The van der Waals surface area contributed by atoms with Gasteiger partial charge in [0.2, 0.25) is 5.91 Å². The Balaban J connectivity index is 2.06. The number of rotatable bonds is 11. The minimum atomic E-state index is -0.953. The smallest absolute Gasteiger partial charge is 0.408 e. The van der Waals surface area contributed by atoms with Crippen molar-refractivity contribution in [3.63, 3.8) is 0 Å². The molecule has 2 atom stereocenters. The molecule has 0 saturated heterocycles. The number of para-hydroxylation sites is 1. The molecule has 0 radical (unpaired) electrons. The Morgan fingerprint density at radius 3 is 2.48 bits per heavy atom. The van der Waals surface area contributed by atoms with E-state index in [2.05, 4.69) is 17.2 Å².